The quantitative estimate of drug-likeness (QED) is 0.756. The Balaban J connectivity index is 1.93. The number of carboxylic acid groups (broad SMARTS) is 1. The fourth-order valence-corrected chi connectivity index (χ4v) is 3.77. The molecule has 0 amide bonds. The first kappa shape index (κ1) is 14.9. The van der Waals surface area contributed by atoms with Crippen LogP contribution in [0.1, 0.15) is 54.1 Å². The lowest BCUT2D eigenvalue weighted by Gasteiger charge is -2.23. The van der Waals surface area contributed by atoms with Crippen molar-refractivity contribution in [3.63, 3.8) is 0 Å². The lowest BCUT2D eigenvalue weighted by atomic mass is 9.85. The van der Waals surface area contributed by atoms with Gasteiger partial charge in [-0.3, -0.25) is 0 Å². The van der Waals surface area contributed by atoms with Crippen LogP contribution < -0.4 is 0 Å². The van der Waals surface area contributed by atoms with E-state index in [0.717, 1.165) is 16.6 Å². The summed E-state index contributed by atoms with van der Waals surface area (Å²) in [5.74, 6) is -0.426. The van der Waals surface area contributed by atoms with Crippen molar-refractivity contribution in [2.75, 3.05) is 0 Å². The van der Waals surface area contributed by atoms with E-state index in [9.17, 15) is 9.90 Å². The molecule has 122 valence electrons. The van der Waals surface area contributed by atoms with Crippen LogP contribution in [0.5, 0.6) is 0 Å². The molecule has 0 unspecified atom stereocenters. The van der Waals surface area contributed by atoms with Crippen molar-refractivity contribution >= 4 is 16.9 Å². The summed E-state index contributed by atoms with van der Waals surface area (Å²) in [5.41, 5.74) is 3.31. The number of carboxylic acids is 1. The second-order valence-corrected chi connectivity index (χ2v) is 6.50. The lowest BCUT2D eigenvalue weighted by molar-refractivity contribution is 0.0697. The van der Waals surface area contributed by atoms with Gasteiger partial charge in [-0.25, -0.2) is 9.48 Å². The molecule has 4 heteroatoms. The summed E-state index contributed by atoms with van der Waals surface area (Å²) in [7, 11) is 0. The van der Waals surface area contributed by atoms with Crippen LogP contribution in [0.15, 0.2) is 48.5 Å². The first-order valence-electron chi connectivity index (χ1n) is 8.55. The highest BCUT2D eigenvalue weighted by Gasteiger charge is 2.24. The van der Waals surface area contributed by atoms with E-state index in [4.69, 9.17) is 5.10 Å². The summed E-state index contributed by atoms with van der Waals surface area (Å²) < 4.78 is 2.02. The van der Waals surface area contributed by atoms with Crippen LogP contribution in [0.2, 0.25) is 0 Å². The lowest BCUT2D eigenvalue weighted by Crippen LogP contribution is -2.11. The third kappa shape index (κ3) is 2.58. The normalized spacial score (nSPS) is 15.7. The van der Waals surface area contributed by atoms with Gasteiger partial charge in [0.05, 0.1) is 22.5 Å². The summed E-state index contributed by atoms with van der Waals surface area (Å²) in [6.07, 6.45) is 6.15. The van der Waals surface area contributed by atoms with Crippen LogP contribution >= 0.6 is 0 Å². The molecule has 4 rings (SSSR count). The molecular formula is C20H20N2O2. The number of nitrogens with zero attached hydrogens (tertiary/aromatic N) is 2. The Morgan fingerprint density at radius 3 is 2.50 bits per heavy atom. The maximum Gasteiger partial charge on any atom is 0.335 e. The summed E-state index contributed by atoms with van der Waals surface area (Å²) in [6, 6.07) is 15.4. The van der Waals surface area contributed by atoms with Crippen molar-refractivity contribution < 1.29 is 9.90 Å². The maximum atomic E-state index is 11.3. The molecule has 1 fully saturated rings. The maximum absolute atomic E-state index is 11.3. The molecule has 1 heterocycles. The van der Waals surface area contributed by atoms with Crippen molar-refractivity contribution in [1.82, 2.24) is 9.78 Å². The largest absolute Gasteiger partial charge is 0.478 e. The fraction of sp³-hybridized carbons (Fsp3) is 0.300. The zero-order chi connectivity index (χ0) is 16.5. The molecule has 4 nitrogen and oxygen atoms in total. The van der Waals surface area contributed by atoms with Crippen LogP contribution in [0.25, 0.3) is 16.6 Å². The molecule has 0 aliphatic heterocycles. The van der Waals surface area contributed by atoms with Gasteiger partial charge in [0.25, 0.3) is 0 Å². The van der Waals surface area contributed by atoms with Crippen LogP contribution in [0, 0.1) is 0 Å². The number of rotatable bonds is 3. The van der Waals surface area contributed by atoms with Gasteiger partial charge in [0.15, 0.2) is 0 Å². The minimum Gasteiger partial charge on any atom is -0.478 e. The van der Waals surface area contributed by atoms with Gasteiger partial charge in [-0.1, -0.05) is 43.5 Å². The molecule has 0 bridgehead atoms. The average Bonchev–Trinajstić information content (AvgIpc) is 3.01. The van der Waals surface area contributed by atoms with E-state index < -0.39 is 5.97 Å². The van der Waals surface area contributed by atoms with E-state index in [-0.39, 0.29) is 5.56 Å². The van der Waals surface area contributed by atoms with E-state index >= 15 is 0 Å². The average molecular weight is 320 g/mol. The Morgan fingerprint density at radius 2 is 1.79 bits per heavy atom. The van der Waals surface area contributed by atoms with Gasteiger partial charge in [-0.05, 0) is 37.1 Å². The van der Waals surface area contributed by atoms with Gasteiger partial charge in [-0.2, -0.15) is 5.10 Å². The third-order valence-corrected chi connectivity index (χ3v) is 4.95. The van der Waals surface area contributed by atoms with Gasteiger partial charge in [0, 0.05) is 11.3 Å². The number of aromatic carboxylic acids is 1. The molecule has 1 aromatic heterocycles. The number of fused-ring (bicyclic) bond motifs is 1. The van der Waals surface area contributed by atoms with Crippen molar-refractivity contribution in [3.8, 4) is 5.69 Å². The predicted molar refractivity (Wildman–Crippen MR) is 93.9 cm³/mol. The number of hydrogen-bond acceptors (Lipinski definition) is 2. The van der Waals surface area contributed by atoms with E-state index in [1.165, 1.54) is 37.8 Å². The Morgan fingerprint density at radius 1 is 1.04 bits per heavy atom. The molecule has 1 N–H and O–H groups in total. The van der Waals surface area contributed by atoms with Crippen LogP contribution in [0.4, 0.5) is 0 Å². The SMILES string of the molecule is O=C(O)c1ccc2c(C3CCCCC3)n(-c3ccccc3)nc2c1. The van der Waals surface area contributed by atoms with Gasteiger partial charge >= 0.3 is 5.97 Å². The molecule has 1 aliphatic rings. The first-order chi connectivity index (χ1) is 11.7. The number of carbonyl (C=O) groups is 1. The minimum absolute atomic E-state index is 0.287. The molecule has 0 radical (unpaired) electrons. The van der Waals surface area contributed by atoms with Gasteiger partial charge in [0.1, 0.15) is 0 Å². The molecule has 1 aliphatic carbocycles. The Kier molecular flexibility index (Phi) is 3.81. The third-order valence-electron chi connectivity index (χ3n) is 4.95. The zero-order valence-corrected chi connectivity index (χ0v) is 13.5. The monoisotopic (exact) mass is 320 g/mol. The predicted octanol–water partition coefficient (Wildman–Crippen LogP) is 4.77. The van der Waals surface area contributed by atoms with Crippen LogP contribution in [-0.2, 0) is 0 Å². The molecule has 0 atom stereocenters. The Labute approximate surface area is 140 Å². The van der Waals surface area contributed by atoms with E-state index in [2.05, 4.69) is 12.1 Å². The van der Waals surface area contributed by atoms with Crippen molar-refractivity contribution in [2.24, 2.45) is 0 Å². The zero-order valence-electron chi connectivity index (χ0n) is 13.5. The summed E-state index contributed by atoms with van der Waals surface area (Å²) in [6.45, 7) is 0. The molecular weight excluding hydrogens is 300 g/mol. The topological polar surface area (TPSA) is 55.1 Å². The number of aromatic nitrogens is 2. The number of benzene rings is 2. The standard InChI is InChI=1S/C20H20N2O2/c23-20(24)15-11-12-17-18(13-15)21-22(16-9-5-2-6-10-16)19(17)14-7-3-1-4-8-14/h2,5-6,9-14H,1,3-4,7-8H2,(H,23,24). The molecule has 3 aromatic rings. The van der Waals surface area contributed by atoms with E-state index in [1.807, 2.05) is 28.9 Å². The highest BCUT2D eigenvalue weighted by atomic mass is 16.4. The van der Waals surface area contributed by atoms with Gasteiger partial charge < -0.3 is 5.11 Å². The summed E-state index contributed by atoms with van der Waals surface area (Å²) in [5, 5.41) is 15.1. The second kappa shape index (κ2) is 6.11. The first-order valence-corrected chi connectivity index (χ1v) is 8.55. The van der Waals surface area contributed by atoms with Crippen molar-refractivity contribution in [3.05, 3.63) is 59.8 Å². The minimum atomic E-state index is -0.912. The van der Waals surface area contributed by atoms with Crippen LogP contribution in [-0.4, -0.2) is 20.9 Å². The number of para-hydroxylation sites is 1. The summed E-state index contributed by atoms with van der Waals surface area (Å²) in [4.78, 5) is 11.3. The Hall–Kier alpha value is -2.62. The van der Waals surface area contributed by atoms with Crippen molar-refractivity contribution in [1.29, 1.82) is 0 Å². The highest BCUT2D eigenvalue weighted by molar-refractivity contribution is 5.94. The number of hydrogen-bond donors (Lipinski definition) is 1. The van der Waals surface area contributed by atoms with Gasteiger partial charge in [-0.15, -0.1) is 0 Å². The summed E-state index contributed by atoms with van der Waals surface area (Å²) >= 11 is 0. The van der Waals surface area contributed by atoms with Gasteiger partial charge in [0.2, 0.25) is 0 Å². The molecule has 0 saturated heterocycles. The smallest absolute Gasteiger partial charge is 0.335 e. The van der Waals surface area contributed by atoms with E-state index in [1.54, 1.807) is 12.1 Å². The van der Waals surface area contributed by atoms with E-state index in [0.29, 0.717) is 5.92 Å². The molecule has 0 spiro atoms. The van der Waals surface area contributed by atoms with Crippen molar-refractivity contribution in [2.45, 2.75) is 38.0 Å². The Bertz CT molecular complexity index is 877. The molecule has 2 aromatic carbocycles. The fourth-order valence-electron chi connectivity index (χ4n) is 3.77. The second-order valence-electron chi connectivity index (χ2n) is 6.50. The van der Waals surface area contributed by atoms with Crippen LogP contribution in [0.3, 0.4) is 0 Å². The molecule has 1 saturated carbocycles. The molecule has 24 heavy (non-hydrogen) atoms. The highest BCUT2D eigenvalue weighted by Crippen LogP contribution is 2.37.